The zero-order valence-electron chi connectivity index (χ0n) is 9.44. The molecule has 0 bridgehead atoms. The fourth-order valence-corrected chi connectivity index (χ4v) is 2.15. The van der Waals surface area contributed by atoms with Crippen LogP contribution in [-0.2, 0) is 0 Å². The molecule has 2 rings (SSSR count). The molecule has 100 valence electrons. The number of guanidine groups is 1. The van der Waals surface area contributed by atoms with Crippen LogP contribution in [0.15, 0.2) is 17.1 Å². The fourth-order valence-electron chi connectivity index (χ4n) is 1.54. The number of benzene rings is 1. The number of carbonyl (C=O) groups is 1. The number of nitrogens with zero attached hydrogens (tertiary/aromatic N) is 2. The maximum absolute atomic E-state index is 12.0. The molecule has 9 heteroatoms. The number of aliphatic imine (C=N–C) groups is 1. The molecular formula is C10H8Cl2N4O3. The van der Waals surface area contributed by atoms with E-state index in [2.05, 4.69) is 15.6 Å². The van der Waals surface area contributed by atoms with Gasteiger partial charge in [0.15, 0.2) is 5.96 Å². The number of halogens is 2. The predicted octanol–water partition coefficient (Wildman–Crippen LogP) is 1.59. The highest BCUT2D eigenvalue weighted by Crippen LogP contribution is 2.32. The first-order chi connectivity index (χ1) is 9.00. The summed E-state index contributed by atoms with van der Waals surface area (Å²) >= 11 is 11.7. The van der Waals surface area contributed by atoms with Crippen molar-refractivity contribution in [3.05, 3.63) is 37.9 Å². The summed E-state index contributed by atoms with van der Waals surface area (Å²) in [5.74, 6) is -0.351. The molecular weight excluding hydrogens is 295 g/mol. The highest BCUT2D eigenvalue weighted by molar-refractivity contribution is 6.41. The Labute approximate surface area is 117 Å². The van der Waals surface area contributed by atoms with Gasteiger partial charge in [-0.2, -0.15) is 0 Å². The Balaban J connectivity index is 2.35. The van der Waals surface area contributed by atoms with E-state index in [9.17, 15) is 14.9 Å². The van der Waals surface area contributed by atoms with E-state index in [1.54, 1.807) is 0 Å². The summed E-state index contributed by atoms with van der Waals surface area (Å²) in [6.07, 6.45) is 0. The van der Waals surface area contributed by atoms with E-state index in [1.807, 2.05) is 0 Å². The van der Waals surface area contributed by atoms with Crippen molar-refractivity contribution in [3.63, 3.8) is 0 Å². The van der Waals surface area contributed by atoms with Crippen LogP contribution in [0.3, 0.4) is 0 Å². The lowest BCUT2D eigenvalue weighted by molar-refractivity contribution is -0.384. The van der Waals surface area contributed by atoms with Gasteiger partial charge in [-0.15, -0.1) is 0 Å². The summed E-state index contributed by atoms with van der Waals surface area (Å²) in [4.78, 5) is 26.0. The quantitative estimate of drug-likeness (QED) is 0.640. The first-order valence-electron chi connectivity index (χ1n) is 5.22. The Hall–Kier alpha value is -1.86. The molecule has 0 fully saturated rings. The Morgan fingerprint density at radius 3 is 2.79 bits per heavy atom. The van der Waals surface area contributed by atoms with E-state index in [-0.39, 0.29) is 21.3 Å². The molecule has 1 aromatic carbocycles. The molecule has 1 aromatic rings. The second-order valence-corrected chi connectivity index (χ2v) is 4.41. The molecule has 0 saturated carbocycles. The maximum atomic E-state index is 12.0. The van der Waals surface area contributed by atoms with Gasteiger partial charge < -0.3 is 5.32 Å². The second kappa shape index (κ2) is 5.41. The van der Waals surface area contributed by atoms with E-state index < -0.39 is 10.8 Å². The highest BCUT2D eigenvalue weighted by atomic mass is 35.5. The number of amides is 1. The van der Waals surface area contributed by atoms with E-state index >= 15 is 0 Å². The zero-order chi connectivity index (χ0) is 14.0. The average Bonchev–Trinajstić information content (AvgIpc) is 2.81. The second-order valence-electron chi connectivity index (χ2n) is 3.62. The van der Waals surface area contributed by atoms with Crippen LogP contribution in [0.25, 0.3) is 0 Å². The van der Waals surface area contributed by atoms with Crippen molar-refractivity contribution in [2.45, 2.75) is 0 Å². The van der Waals surface area contributed by atoms with Crippen molar-refractivity contribution in [3.8, 4) is 0 Å². The number of nitro groups is 1. The van der Waals surface area contributed by atoms with Gasteiger partial charge in [-0.3, -0.25) is 25.2 Å². The molecule has 0 aliphatic carbocycles. The third-order valence-electron chi connectivity index (χ3n) is 2.40. The van der Waals surface area contributed by atoms with Crippen LogP contribution in [0, 0.1) is 10.1 Å². The molecule has 2 N–H and O–H groups in total. The first kappa shape index (κ1) is 13.6. The summed E-state index contributed by atoms with van der Waals surface area (Å²) in [5, 5.41) is 15.8. The molecule has 1 heterocycles. The minimum Gasteiger partial charge on any atom is -0.354 e. The Morgan fingerprint density at radius 1 is 1.47 bits per heavy atom. The highest BCUT2D eigenvalue weighted by Gasteiger charge is 2.24. The van der Waals surface area contributed by atoms with Crippen LogP contribution in [-0.4, -0.2) is 29.9 Å². The van der Waals surface area contributed by atoms with Crippen LogP contribution >= 0.6 is 23.2 Å². The van der Waals surface area contributed by atoms with Crippen LogP contribution in [0.4, 0.5) is 5.69 Å². The molecule has 1 aliphatic heterocycles. The molecule has 0 unspecified atom stereocenters. The van der Waals surface area contributed by atoms with Gasteiger partial charge in [0.2, 0.25) is 0 Å². The van der Waals surface area contributed by atoms with Gasteiger partial charge in [0.1, 0.15) is 5.02 Å². The van der Waals surface area contributed by atoms with Gasteiger partial charge >= 0.3 is 0 Å². The summed E-state index contributed by atoms with van der Waals surface area (Å²) < 4.78 is 0. The zero-order valence-corrected chi connectivity index (χ0v) is 11.0. The first-order valence-corrected chi connectivity index (χ1v) is 5.98. The topological polar surface area (TPSA) is 96.6 Å². The van der Waals surface area contributed by atoms with Gasteiger partial charge in [-0.1, -0.05) is 23.2 Å². The summed E-state index contributed by atoms with van der Waals surface area (Å²) in [5.41, 5.74) is -0.522. The molecule has 0 saturated heterocycles. The minimum absolute atomic E-state index is 0.0340. The van der Waals surface area contributed by atoms with Crippen molar-refractivity contribution in [1.29, 1.82) is 0 Å². The SMILES string of the molecule is O=C(NC1=NCCN1)c1c(Cl)ccc([N+](=O)[O-])c1Cl. The van der Waals surface area contributed by atoms with E-state index in [4.69, 9.17) is 23.2 Å². The Morgan fingerprint density at radius 2 is 2.21 bits per heavy atom. The molecule has 7 nitrogen and oxygen atoms in total. The molecule has 1 amide bonds. The monoisotopic (exact) mass is 302 g/mol. The maximum Gasteiger partial charge on any atom is 0.288 e. The van der Waals surface area contributed by atoms with E-state index in [0.717, 1.165) is 6.07 Å². The largest absolute Gasteiger partial charge is 0.354 e. The standard InChI is InChI=1S/C10H8Cl2N4O3/c11-5-1-2-6(16(18)19)8(12)7(5)9(17)15-10-13-3-4-14-10/h1-2H,3-4H2,(H2,13,14,15,17). The van der Waals surface area contributed by atoms with Crippen molar-refractivity contribution >= 4 is 40.8 Å². The number of hydrogen-bond donors (Lipinski definition) is 2. The van der Waals surface area contributed by atoms with Gasteiger partial charge in [-0.25, -0.2) is 0 Å². The summed E-state index contributed by atoms with van der Waals surface area (Å²) in [6.45, 7) is 1.16. The molecule has 19 heavy (non-hydrogen) atoms. The van der Waals surface area contributed by atoms with E-state index in [1.165, 1.54) is 6.07 Å². The van der Waals surface area contributed by atoms with Crippen LogP contribution in [0.1, 0.15) is 10.4 Å². The number of rotatable bonds is 2. The lowest BCUT2D eigenvalue weighted by Gasteiger charge is -2.08. The lowest BCUT2D eigenvalue weighted by atomic mass is 10.2. The van der Waals surface area contributed by atoms with Crippen LogP contribution < -0.4 is 10.6 Å². The van der Waals surface area contributed by atoms with Gasteiger partial charge in [-0.05, 0) is 6.07 Å². The van der Waals surface area contributed by atoms with Crippen molar-refractivity contribution in [2.75, 3.05) is 13.1 Å². The van der Waals surface area contributed by atoms with Gasteiger partial charge in [0.25, 0.3) is 11.6 Å². The molecule has 0 spiro atoms. The molecule has 1 aliphatic rings. The van der Waals surface area contributed by atoms with Crippen molar-refractivity contribution < 1.29 is 9.72 Å². The molecule has 0 aromatic heterocycles. The van der Waals surface area contributed by atoms with E-state index in [0.29, 0.717) is 19.0 Å². The number of nitro benzene ring substituents is 1. The van der Waals surface area contributed by atoms with Crippen LogP contribution in [0.2, 0.25) is 10.0 Å². The number of nitrogens with one attached hydrogen (secondary N) is 2. The summed E-state index contributed by atoms with van der Waals surface area (Å²) in [7, 11) is 0. The number of hydrogen-bond acceptors (Lipinski definition) is 5. The Bertz CT molecular complexity index is 588. The third-order valence-corrected chi connectivity index (χ3v) is 3.10. The third kappa shape index (κ3) is 2.77. The molecule has 0 radical (unpaired) electrons. The average molecular weight is 303 g/mol. The van der Waals surface area contributed by atoms with Crippen molar-refractivity contribution in [2.24, 2.45) is 4.99 Å². The smallest absolute Gasteiger partial charge is 0.288 e. The van der Waals surface area contributed by atoms with Crippen LogP contribution in [0.5, 0.6) is 0 Å². The predicted molar refractivity (Wildman–Crippen MR) is 70.9 cm³/mol. The minimum atomic E-state index is -0.680. The number of carbonyl (C=O) groups excluding carboxylic acids is 1. The Kier molecular flexibility index (Phi) is 3.87. The van der Waals surface area contributed by atoms with Gasteiger partial charge in [0, 0.05) is 12.6 Å². The normalized spacial score (nSPS) is 13.7. The van der Waals surface area contributed by atoms with Gasteiger partial charge in [0.05, 0.1) is 22.1 Å². The van der Waals surface area contributed by atoms with Crippen molar-refractivity contribution in [1.82, 2.24) is 10.6 Å². The fraction of sp³-hybridized carbons (Fsp3) is 0.200. The summed E-state index contributed by atoms with van der Waals surface area (Å²) in [6, 6.07) is 2.40. The lowest BCUT2D eigenvalue weighted by Crippen LogP contribution is -2.38. The molecule has 0 atom stereocenters.